The number of hydrogen-bond acceptors (Lipinski definition) is 2. The van der Waals surface area contributed by atoms with E-state index < -0.39 is 0 Å². The van der Waals surface area contributed by atoms with Gasteiger partial charge in [-0.15, -0.1) is 0 Å². The Balaban J connectivity index is 2.28. The summed E-state index contributed by atoms with van der Waals surface area (Å²) in [5, 5.41) is 4.50. The van der Waals surface area contributed by atoms with Crippen molar-refractivity contribution < 1.29 is 4.79 Å². The summed E-state index contributed by atoms with van der Waals surface area (Å²) in [6.07, 6.45) is 0. The number of aromatic nitrogens is 2. The number of ketones is 1. The van der Waals surface area contributed by atoms with Gasteiger partial charge >= 0.3 is 0 Å². The standard InChI is InChI=1S/C16H19BrN2O/c1-10(2)16(20)14-7-5-6-13(8-14)9-19-12(4)15(17)11(3)18-19/h5-8,10H,9H2,1-4H3. The van der Waals surface area contributed by atoms with Gasteiger partial charge in [0.05, 0.1) is 22.4 Å². The summed E-state index contributed by atoms with van der Waals surface area (Å²) in [5.41, 5.74) is 3.95. The molecule has 4 heteroatoms. The molecule has 0 radical (unpaired) electrons. The molecular formula is C16H19BrN2O. The molecular weight excluding hydrogens is 316 g/mol. The van der Waals surface area contributed by atoms with E-state index in [-0.39, 0.29) is 11.7 Å². The SMILES string of the molecule is Cc1nn(Cc2cccc(C(=O)C(C)C)c2)c(C)c1Br. The van der Waals surface area contributed by atoms with Gasteiger partial charge in [-0.1, -0.05) is 32.0 Å². The van der Waals surface area contributed by atoms with Gasteiger partial charge in [0.1, 0.15) is 0 Å². The number of carbonyl (C=O) groups is 1. The number of Topliss-reactive ketones (excluding diaryl/α,β-unsaturated/α-hetero) is 1. The lowest BCUT2D eigenvalue weighted by molar-refractivity contribution is 0.0939. The zero-order valence-electron chi connectivity index (χ0n) is 12.3. The average Bonchev–Trinajstić information content (AvgIpc) is 2.66. The molecule has 1 heterocycles. The fourth-order valence-electron chi connectivity index (χ4n) is 2.16. The van der Waals surface area contributed by atoms with Crippen LogP contribution in [0.15, 0.2) is 28.7 Å². The highest BCUT2D eigenvalue weighted by atomic mass is 79.9. The number of halogens is 1. The first-order chi connectivity index (χ1) is 9.40. The normalized spacial score (nSPS) is 11.1. The summed E-state index contributed by atoms with van der Waals surface area (Å²) in [5.74, 6) is 0.203. The Kier molecular flexibility index (Phi) is 4.43. The third-order valence-electron chi connectivity index (χ3n) is 3.36. The van der Waals surface area contributed by atoms with Crippen molar-refractivity contribution in [3.8, 4) is 0 Å². The average molecular weight is 335 g/mol. The molecule has 0 spiro atoms. The number of rotatable bonds is 4. The number of nitrogens with zero attached hydrogens (tertiary/aromatic N) is 2. The zero-order valence-corrected chi connectivity index (χ0v) is 13.9. The Morgan fingerprint density at radius 1 is 1.35 bits per heavy atom. The maximum Gasteiger partial charge on any atom is 0.165 e. The Bertz CT molecular complexity index is 644. The lowest BCUT2D eigenvalue weighted by Crippen LogP contribution is -2.09. The second-order valence-electron chi connectivity index (χ2n) is 5.36. The van der Waals surface area contributed by atoms with Crippen molar-refractivity contribution in [1.29, 1.82) is 0 Å². The van der Waals surface area contributed by atoms with Crippen LogP contribution in [0.1, 0.15) is 41.2 Å². The van der Waals surface area contributed by atoms with E-state index in [0.29, 0.717) is 6.54 Å². The van der Waals surface area contributed by atoms with Gasteiger partial charge in [-0.2, -0.15) is 5.10 Å². The van der Waals surface area contributed by atoms with Crippen LogP contribution in [0.4, 0.5) is 0 Å². The summed E-state index contributed by atoms with van der Waals surface area (Å²) in [4.78, 5) is 12.0. The van der Waals surface area contributed by atoms with Crippen molar-refractivity contribution in [1.82, 2.24) is 9.78 Å². The number of hydrogen-bond donors (Lipinski definition) is 0. The Labute approximate surface area is 128 Å². The lowest BCUT2D eigenvalue weighted by Gasteiger charge is -2.08. The maximum absolute atomic E-state index is 12.0. The van der Waals surface area contributed by atoms with Crippen LogP contribution < -0.4 is 0 Å². The molecule has 1 aromatic carbocycles. The van der Waals surface area contributed by atoms with Crippen molar-refractivity contribution in [2.75, 3.05) is 0 Å². The quantitative estimate of drug-likeness (QED) is 0.787. The summed E-state index contributed by atoms with van der Waals surface area (Å²) in [6, 6.07) is 7.81. The first-order valence-electron chi connectivity index (χ1n) is 6.72. The van der Waals surface area contributed by atoms with Crippen molar-refractivity contribution in [2.45, 2.75) is 34.2 Å². The monoisotopic (exact) mass is 334 g/mol. The highest BCUT2D eigenvalue weighted by Crippen LogP contribution is 2.21. The van der Waals surface area contributed by atoms with Crippen molar-refractivity contribution >= 4 is 21.7 Å². The van der Waals surface area contributed by atoms with E-state index in [2.05, 4.69) is 21.0 Å². The third kappa shape index (κ3) is 3.01. The van der Waals surface area contributed by atoms with E-state index in [1.54, 1.807) is 0 Å². The lowest BCUT2D eigenvalue weighted by atomic mass is 9.99. The van der Waals surface area contributed by atoms with Crippen LogP contribution in [0.2, 0.25) is 0 Å². The zero-order chi connectivity index (χ0) is 14.9. The first kappa shape index (κ1) is 15.0. The van der Waals surface area contributed by atoms with E-state index in [1.165, 1.54) is 0 Å². The minimum Gasteiger partial charge on any atom is -0.294 e. The molecule has 0 atom stereocenters. The predicted molar refractivity (Wildman–Crippen MR) is 84.1 cm³/mol. The summed E-state index contributed by atoms with van der Waals surface area (Å²) in [6.45, 7) is 8.54. The van der Waals surface area contributed by atoms with Crippen LogP contribution >= 0.6 is 15.9 Å². The second-order valence-corrected chi connectivity index (χ2v) is 6.15. The first-order valence-corrected chi connectivity index (χ1v) is 7.52. The van der Waals surface area contributed by atoms with E-state index >= 15 is 0 Å². The largest absolute Gasteiger partial charge is 0.294 e. The molecule has 0 N–H and O–H groups in total. The van der Waals surface area contributed by atoms with Gasteiger partial charge in [0.25, 0.3) is 0 Å². The molecule has 0 unspecified atom stereocenters. The third-order valence-corrected chi connectivity index (χ3v) is 4.51. The molecule has 0 fully saturated rings. The van der Waals surface area contributed by atoms with Crippen LogP contribution in [0.25, 0.3) is 0 Å². The minimum atomic E-state index is 0.0214. The van der Waals surface area contributed by atoms with Crippen LogP contribution in [0, 0.1) is 19.8 Å². The molecule has 106 valence electrons. The maximum atomic E-state index is 12.0. The molecule has 0 aliphatic rings. The van der Waals surface area contributed by atoms with Gasteiger partial charge in [-0.3, -0.25) is 9.48 Å². The van der Waals surface area contributed by atoms with Crippen molar-refractivity contribution in [2.24, 2.45) is 5.92 Å². The van der Waals surface area contributed by atoms with Crippen LogP contribution in [0.3, 0.4) is 0 Å². The summed E-state index contributed by atoms with van der Waals surface area (Å²) >= 11 is 3.53. The van der Waals surface area contributed by atoms with Crippen LogP contribution in [0.5, 0.6) is 0 Å². The second kappa shape index (κ2) is 5.92. The molecule has 0 aliphatic carbocycles. The van der Waals surface area contributed by atoms with Crippen LogP contribution in [-0.4, -0.2) is 15.6 Å². The number of benzene rings is 1. The van der Waals surface area contributed by atoms with Gasteiger partial charge in [-0.25, -0.2) is 0 Å². The Morgan fingerprint density at radius 2 is 2.05 bits per heavy atom. The summed E-state index contributed by atoms with van der Waals surface area (Å²) < 4.78 is 3.00. The van der Waals surface area contributed by atoms with Crippen molar-refractivity contribution in [3.63, 3.8) is 0 Å². The highest BCUT2D eigenvalue weighted by molar-refractivity contribution is 9.10. The van der Waals surface area contributed by atoms with Gasteiger partial charge < -0.3 is 0 Å². The molecule has 2 aromatic rings. The van der Waals surface area contributed by atoms with Gasteiger partial charge in [-0.05, 0) is 41.4 Å². The fourth-order valence-corrected chi connectivity index (χ4v) is 2.44. The predicted octanol–water partition coefficient (Wildman–Crippen LogP) is 4.15. The summed E-state index contributed by atoms with van der Waals surface area (Å²) in [7, 11) is 0. The van der Waals surface area contributed by atoms with Gasteiger partial charge in [0.15, 0.2) is 5.78 Å². The van der Waals surface area contributed by atoms with Crippen LogP contribution in [-0.2, 0) is 6.54 Å². The van der Waals surface area contributed by atoms with E-state index in [9.17, 15) is 4.79 Å². The molecule has 3 nitrogen and oxygen atoms in total. The number of aryl methyl sites for hydroxylation is 1. The minimum absolute atomic E-state index is 0.0214. The number of carbonyl (C=O) groups excluding carboxylic acids is 1. The molecule has 0 amide bonds. The van der Waals surface area contributed by atoms with E-state index in [1.807, 2.05) is 56.6 Å². The smallest absolute Gasteiger partial charge is 0.165 e. The Hall–Kier alpha value is -1.42. The topological polar surface area (TPSA) is 34.9 Å². The highest BCUT2D eigenvalue weighted by Gasteiger charge is 2.12. The molecule has 2 rings (SSSR count). The molecule has 1 aromatic heterocycles. The van der Waals surface area contributed by atoms with E-state index in [4.69, 9.17) is 0 Å². The molecule has 0 bridgehead atoms. The molecule has 0 aliphatic heterocycles. The Morgan fingerprint density at radius 3 is 2.60 bits per heavy atom. The molecule has 0 saturated heterocycles. The van der Waals surface area contributed by atoms with Gasteiger partial charge in [0.2, 0.25) is 0 Å². The molecule has 0 saturated carbocycles. The molecule has 20 heavy (non-hydrogen) atoms. The van der Waals surface area contributed by atoms with E-state index in [0.717, 1.165) is 27.0 Å². The van der Waals surface area contributed by atoms with Crippen molar-refractivity contribution in [3.05, 3.63) is 51.3 Å². The van der Waals surface area contributed by atoms with Gasteiger partial charge in [0, 0.05) is 11.5 Å². The fraction of sp³-hybridized carbons (Fsp3) is 0.375.